The molecular weight excluding hydrogens is 157 g/mol. The third-order valence-corrected chi connectivity index (χ3v) is 1.88. The van der Waals surface area contributed by atoms with Gasteiger partial charge >= 0.3 is 0 Å². The maximum Gasteiger partial charge on any atom is 0.188 e. The highest BCUT2D eigenvalue weighted by molar-refractivity contribution is 5.39. The van der Waals surface area contributed by atoms with Crippen molar-refractivity contribution in [3.8, 4) is 11.8 Å². The number of hydrogen-bond acceptors (Lipinski definition) is 2. The molecule has 1 heterocycles. The van der Waals surface area contributed by atoms with E-state index in [1.807, 2.05) is 6.07 Å². The Hall–Kier alpha value is -1.56. The fourth-order valence-electron chi connectivity index (χ4n) is 1.30. The first-order valence-corrected chi connectivity index (χ1v) is 3.65. The number of fused-ring (bicyclic) bond motifs is 1. The third kappa shape index (κ3) is 0.928. The summed E-state index contributed by atoms with van der Waals surface area (Å²) in [5.41, 5.74) is 0.518. The molecule has 0 N–H and O–H groups in total. The highest BCUT2D eigenvalue weighted by Gasteiger charge is 2.24. The van der Waals surface area contributed by atoms with Gasteiger partial charge in [-0.3, -0.25) is 0 Å². The van der Waals surface area contributed by atoms with E-state index in [1.165, 1.54) is 6.07 Å². The zero-order chi connectivity index (χ0) is 8.55. The molecule has 0 aromatic heterocycles. The van der Waals surface area contributed by atoms with E-state index in [2.05, 4.69) is 0 Å². The van der Waals surface area contributed by atoms with Gasteiger partial charge < -0.3 is 4.74 Å². The average molecular weight is 163 g/mol. The molecule has 2 nitrogen and oxygen atoms in total. The van der Waals surface area contributed by atoms with E-state index in [0.717, 1.165) is 0 Å². The summed E-state index contributed by atoms with van der Waals surface area (Å²) in [6.07, 6.45) is -0.157. The number of nitrogens with zero attached hydrogens (tertiary/aromatic N) is 1. The van der Waals surface area contributed by atoms with Gasteiger partial charge in [0.25, 0.3) is 0 Å². The van der Waals surface area contributed by atoms with Crippen molar-refractivity contribution in [2.45, 2.75) is 12.5 Å². The molecule has 12 heavy (non-hydrogen) atoms. The second-order valence-electron chi connectivity index (χ2n) is 2.66. The van der Waals surface area contributed by atoms with Crippen molar-refractivity contribution in [2.24, 2.45) is 0 Å². The first kappa shape index (κ1) is 7.11. The van der Waals surface area contributed by atoms with Crippen LogP contribution in [0.5, 0.6) is 5.75 Å². The fraction of sp³-hybridized carbons (Fsp3) is 0.222. The quantitative estimate of drug-likeness (QED) is 0.582. The van der Waals surface area contributed by atoms with Gasteiger partial charge in [-0.25, -0.2) is 4.39 Å². The topological polar surface area (TPSA) is 33.0 Å². The number of rotatable bonds is 0. The van der Waals surface area contributed by atoms with Crippen molar-refractivity contribution in [2.75, 3.05) is 0 Å². The normalized spacial score (nSPS) is 19.5. The molecule has 0 spiro atoms. The second-order valence-corrected chi connectivity index (χ2v) is 2.66. The molecule has 1 unspecified atom stereocenters. The van der Waals surface area contributed by atoms with Crippen molar-refractivity contribution in [1.82, 2.24) is 0 Å². The molecule has 3 heteroatoms. The van der Waals surface area contributed by atoms with Gasteiger partial charge in [0.2, 0.25) is 0 Å². The summed E-state index contributed by atoms with van der Waals surface area (Å²) >= 11 is 0. The summed E-state index contributed by atoms with van der Waals surface area (Å²) in [6.45, 7) is 0. The van der Waals surface area contributed by atoms with Crippen molar-refractivity contribution in [3.05, 3.63) is 29.6 Å². The zero-order valence-electron chi connectivity index (χ0n) is 6.25. The van der Waals surface area contributed by atoms with Gasteiger partial charge in [-0.1, -0.05) is 6.07 Å². The van der Waals surface area contributed by atoms with Crippen molar-refractivity contribution in [3.63, 3.8) is 0 Å². The molecule has 0 amide bonds. The van der Waals surface area contributed by atoms with Crippen LogP contribution in [0.15, 0.2) is 18.2 Å². The van der Waals surface area contributed by atoms with Crippen LogP contribution in [0.2, 0.25) is 0 Å². The zero-order valence-corrected chi connectivity index (χ0v) is 6.25. The minimum Gasteiger partial charge on any atom is -0.475 e. The molecule has 1 aliphatic heterocycles. The van der Waals surface area contributed by atoms with Crippen molar-refractivity contribution >= 4 is 0 Å². The molecule has 1 aliphatic rings. The minimum absolute atomic E-state index is 0.287. The Morgan fingerprint density at radius 2 is 2.42 bits per heavy atom. The van der Waals surface area contributed by atoms with Gasteiger partial charge in [0.15, 0.2) is 6.10 Å². The van der Waals surface area contributed by atoms with Crippen molar-refractivity contribution < 1.29 is 9.13 Å². The summed E-state index contributed by atoms with van der Waals surface area (Å²) < 4.78 is 18.1. The molecule has 2 rings (SSSR count). The maximum atomic E-state index is 13.0. The number of halogens is 1. The summed E-state index contributed by atoms with van der Waals surface area (Å²) in [5, 5.41) is 8.53. The highest BCUT2D eigenvalue weighted by atomic mass is 19.1. The van der Waals surface area contributed by atoms with Gasteiger partial charge in [0.05, 0.1) is 0 Å². The number of benzene rings is 1. The molecule has 1 aromatic rings. The lowest BCUT2D eigenvalue weighted by atomic mass is 10.1. The van der Waals surface area contributed by atoms with Crippen LogP contribution in [-0.2, 0) is 6.42 Å². The van der Waals surface area contributed by atoms with Crippen LogP contribution in [0.4, 0.5) is 4.39 Å². The summed E-state index contributed by atoms with van der Waals surface area (Å²) in [4.78, 5) is 0. The van der Waals surface area contributed by atoms with E-state index in [4.69, 9.17) is 10.00 Å². The monoisotopic (exact) mass is 163 g/mol. The summed E-state index contributed by atoms with van der Waals surface area (Å²) in [6, 6.07) is 6.58. The van der Waals surface area contributed by atoms with Crippen LogP contribution in [0.25, 0.3) is 0 Å². The standard InChI is InChI=1S/C9H6FNO/c10-8-2-1-3-9-7(8)4-6(5-11)12-9/h1-3,6H,4H2. The summed E-state index contributed by atoms with van der Waals surface area (Å²) in [5.74, 6) is 0.215. The molecule has 1 atom stereocenters. The van der Waals surface area contributed by atoms with Crippen LogP contribution in [-0.4, -0.2) is 6.10 Å². The molecule has 1 aromatic carbocycles. The molecule has 0 radical (unpaired) electrons. The van der Waals surface area contributed by atoms with Crippen LogP contribution in [0.3, 0.4) is 0 Å². The molecule has 0 aliphatic carbocycles. The van der Waals surface area contributed by atoms with Gasteiger partial charge in [0, 0.05) is 12.0 Å². The van der Waals surface area contributed by atoms with E-state index < -0.39 is 6.10 Å². The van der Waals surface area contributed by atoms with Crippen LogP contribution in [0, 0.1) is 17.1 Å². The molecular formula is C9H6FNO. The Morgan fingerprint density at radius 3 is 3.08 bits per heavy atom. The lowest BCUT2D eigenvalue weighted by Crippen LogP contribution is -2.08. The Labute approximate surface area is 69.2 Å². The molecule has 0 fully saturated rings. The lowest BCUT2D eigenvalue weighted by molar-refractivity contribution is 0.290. The van der Waals surface area contributed by atoms with Gasteiger partial charge in [-0.2, -0.15) is 5.26 Å². The van der Waals surface area contributed by atoms with E-state index in [-0.39, 0.29) is 5.82 Å². The number of hydrogen-bond donors (Lipinski definition) is 0. The third-order valence-electron chi connectivity index (χ3n) is 1.88. The van der Waals surface area contributed by atoms with Crippen molar-refractivity contribution in [1.29, 1.82) is 5.26 Å². The molecule has 60 valence electrons. The SMILES string of the molecule is N#CC1Cc2c(F)cccc2O1. The highest BCUT2D eigenvalue weighted by Crippen LogP contribution is 2.30. The van der Waals surface area contributed by atoms with Gasteiger partial charge in [-0.05, 0) is 12.1 Å². The van der Waals surface area contributed by atoms with Gasteiger partial charge in [0.1, 0.15) is 17.6 Å². The van der Waals surface area contributed by atoms with Crippen LogP contribution in [0.1, 0.15) is 5.56 Å². The fourth-order valence-corrected chi connectivity index (χ4v) is 1.30. The maximum absolute atomic E-state index is 13.0. The van der Waals surface area contributed by atoms with Gasteiger partial charge in [-0.15, -0.1) is 0 Å². The number of ether oxygens (including phenoxy) is 1. The molecule has 0 saturated heterocycles. The van der Waals surface area contributed by atoms with E-state index in [0.29, 0.717) is 17.7 Å². The number of nitriles is 1. The van der Waals surface area contributed by atoms with E-state index in [9.17, 15) is 4.39 Å². The van der Waals surface area contributed by atoms with Crippen LogP contribution < -0.4 is 4.74 Å². The predicted molar refractivity (Wildman–Crippen MR) is 40.1 cm³/mol. The van der Waals surface area contributed by atoms with E-state index >= 15 is 0 Å². The Balaban J connectivity index is 2.43. The average Bonchev–Trinajstić information content (AvgIpc) is 2.49. The lowest BCUT2D eigenvalue weighted by Gasteiger charge is -1.98. The summed E-state index contributed by atoms with van der Waals surface area (Å²) in [7, 11) is 0. The molecule has 0 saturated carbocycles. The second kappa shape index (κ2) is 2.49. The Morgan fingerprint density at radius 1 is 1.58 bits per heavy atom. The first-order chi connectivity index (χ1) is 5.81. The smallest absolute Gasteiger partial charge is 0.188 e. The first-order valence-electron chi connectivity index (χ1n) is 3.65. The molecule has 0 bridgehead atoms. The Bertz CT molecular complexity index is 356. The predicted octanol–water partition coefficient (Wildman–Crippen LogP) is 1.65. The Kier molecular flexibility index (Phi) is 1.47. The van der Waals surface area contributed by atoms with Crippen LogP contribution >= 0.6 is 0 Å². The largest absolute Gasteiger partial charge is 0.475 e. The van der Waals surface area contributed by atoms with E-state index in [1.54, 1.807) is 12.1 Å². The minimum atomic E-state index is -0.517.